The molecule has 0 fully saturated rings. The Hall–Kier alpha value is -1.78. The van der Waals surface area contributed by atoms with Crippen LogP contribution in [0.3, 0.4) is 0 Å². The highest BCUT2D eigenvalue weighted by molar-refractivity contribution is 6.31. The van der Waals surface area contributed by atoms with Gasteiger partial charge in [0.25, 0.3) is 5.91 Å². The molecular formula is C13H11Cl2N3O. The molecule has 19 heavy (non-hydrogen) atoms. The van der Waals surface area contributed by atoms with Gasteiger partial charge in [0, 0.05) is 16.9 Å². The Kier molecular flexibility index (Phi) is 3.93. The Labute approximate surface area is 120 Å². The molecule has 1 aromatic carbocycles. The number of carbonyl (C=O) groups excluding carboxylic acids is 1. The summed E-state index contributed by atoms with van der Waals surface area (Å²) in [4.78, 5) is 16.1. The maximum Gasteiger partial charge on any atom is 0.258 e. The van der Waals surface area contributed by atoms with E-state index in [9.17, 15) is 4.79 Å². The molecule has 6 heteroatoms. The third kappa shape index (κ3) is 3.16. The van der Waals surface area contributed by atoms with Crippen molar-refractivity contribution in [2.45, 2.75) is 6.92 Å². The van der Waals surface area contributed by atoms with Crippen LogP contribution in [0.4, 0.5) is 11.5 Å². The first kappa shape index (κ1) is 13.6. The molecule has 1 aromatic heterocycles. The predicted molar refractivity (Wildman–Crippen MR) is 77.8 cm³/mol. The van der Waals surface area contributed by atoms with Crippen LogP contribution in [0.5, 0.6) is 0 Å². The quantitative estimate of drug-likeness (QED) is 0.833. The summed E-state index contributed by atoms with van der Waals surface area (Å²) in [7, 11) is 0. The minimum absolute atomic E-state index is 0.321. The Balaban J connectivity index is 2.27. The summed E-state index contributed by atoms with van der Waals surface area (Å²) in [5.74, 6) is 0.0318. The van der Waals surface area contributed by atoms with Crippen LogP contribution in [-0.4, -0.2) is 10.9 Å². The Morgan fingerprint density at radius 2 is 2.00 bits per heavy atom. The van der Waals surface area contributed by atoms with Crippen molar-refractivity contribution in [1.29, 1.82) is 0 Å². The third-order valence-corrected chi connectivity index (χ3v) is 3.01. The zero-order valence-electron chi connectivity index (χ0n) is 10.1. The average Bonchev–Trinajstić information content (AvgIpc) is 2.36. The number of nitrogens with one attached hydrogen (secondary N) is 1. The molecule has 0 aliphatic heterocycles. The molecule has 0 saturated heterocycles. The van der Waals surface area contributed by atoms with Crippen LogP contribution in [0.15, 0.2) is 30.5 Å². The minimum atomic E-state index is -0.363. The minimum Gasteiger partial charge on any atom is -0.398 e. The fourth-order valence-corrected chi connectivity index (χ4v) is 1.96. The first-order valence-corrected chi connectivity index (χ1v) is 6.21. The number of anilines is 2. The van der Waals surface area contributed by atoms with Gasteiger partial charge in [0.2, 0.25) is 0 Å². The molecule has 1 amide bonds. The molecular weight excluding hydrogens is 285 g/mol. The van der Waals surface area contributed by atoms with Gasteiger partial charge in [-0.15, -0.1) is 0 Å². The average molecular weight is 296 g/mol. The maximum absolute atomic E-state index is 12.1. The van der Waals surface area contributed by atoms with Gasteiger partial charge in [-0.25, -0.2) is 4.98 Å². The van der Waals surface area contributed by atoms with Crippen LogP contribution in [0.25, 0.3) is 0 Å². The van der Waals surface area contributed by atoms with Gasteiger partial charge < -0.3 is 11.1 Å². The number of aryl methyl sites for hydroxylation is 1. The molecule has 0 spiro atoms. The van der Waals surface area contributed by atoms with E-state index >= 15 is 0 Å². The summed E-state index contributed by atoms with van der Waals surface area (Å²) >= 11 is 11.6. The van der Waals surface area contributed by atoms with E-state index in [-0.39, 0.29) is 5.91 Å². The monoisotopic (exact) mass is 295 g/mol. The van der Waals surface area contributed by atoms with Crippen LogP contribution in [0.1, 0.15) is 15.9 Å². The van der Waals surface area contributed by atoms with Crippen molar-refractivity contribution in [3.8, 4) is 0 Å². The van der Waals surface area contributed by atoms with Crippen molar-refractivity contribution in [3.05, 3.63) is 51.6 Å². The Morgan fingerprint density at radius 3 is 2.63 bits per heavy atom. The number of pyridine rings is 1. The van der Waals surface area contributed by atoms with E-state index in [0.717, 1.165) is 5.56 Å². The highest BCUT2D eigenvalue weighted by Crippen LogP contribution is 2.23. The number of hydrogen-bond acceptors (Lipinski definition) is 3. The lowest BCUT2D eigenvalue weighted by molar-refractivity contribution is 0.102. The lowest BCUT2D eigenvalue weighted by atomic mass is 10.1. The fourth-order valence-electron chi connectivity index (χ4n) is 1.58. The second-order valence-electron chi connectivity index (χ2n) is 4.00. The Morgan fingerprint density at radius 1 is 1.26 bits per heavy atom. The number of nitrogens with zero attached hydrogens (tertiary/aromatic N) is 1. The van der Waals surface area contributed by atoms with Crippen molar-refractivity contribution in [2.24, 2.45) is 0 Å². The molecule has 4 nitrogen and oxygen atoms in total. The number of aromatic nitrogens is 1. The molecule has 0 atom stereocenters. The largest absolute Gasteiger partial charge is 0.398 e. The zero-order valence-corrected chi connectivity index (χ0v) is 11.6. The van der Waals surface area contributed by atoms with Crippen LogP contribution < -0.4 is 11.1 Å². The van der Waals surface area contributed by atoms with Gasteiger partial charge in [-0.05, 0) is 36.8 Å². The second kappa shape index (κ2) is 5.47. The smallest absolute Gasteiger partial charge is 0.258 e. The van der Waals surface area contributed by atoms with Crippen LogP contribution >= 0.6 is 23.2 Å². The molecule has 0 aliphatic carbocycles. The van der Waals surface area contributed by atoms with E-state index in [0.29, 0.717) is 27.1 Å². The summed E-state index contributed by atoms with van der Waals surface area (Å²) < 4.78 is 0. The highest BCUT2D eigenvalue weighted by Gasteiger charge is 2.13. The SMILES string of the molecule is Cc1cc(Cl)cc(C(=O)Nc2ccc(Cl)cn2)c1N. The number of benzene rings is 1. The van der Waals surface area contributed by atoms with E-state index in [2.05, 4.69) is 10.3 Å². The van der Waals surface area contributed by atoms with Crippen molar-refractivity contribution in [3.63, 3.8) is 0 Å². The molecule has 3 N–H and O–H groups in total. The molecule has 2 aromatic rings. The van der Waals surface area contributed by atoms with E-state index in [4.69, 9.17) is 28.9 Å². The molecule has 98 valence electrons. The Bertz CT molecular complexity index is 627. The number of halogens is 2. The first-order chi connectivity index (χ1) is 8.97. The molecule has 0 unspecified atom stereocenters. The van der Waals surface area contributed by atoms with E-state index < -0.39 is 0 Å². The predicted octanol–water partition coefficient (Wildman–Crippen LogP) is 3.53. The third-order valence-electron chi connectivity index (χ3n) is 2.57. The number of rotatable bonds is 2. The maximum atomic E-state index is 12.1. The summed E-state index contributed by atoms with van der Waals surface area (Å²) in [5, 5.41) is 3.59. The van der Waals surface area contributed by atoms with Crippen molar-refractivity contribution >= 4 is 40.6 Å². The van der Waals surface area contributed by atoms with Crippen LogP contribution in [-0.2, 0) is 0 Å². The molecule has 1 heterocycles. The fraction of sp³-hybridized carbons (Fsp3) is 0.0769. The first-order valence-electron chi connectivity index (χ1n) is 5.46. The molecule has 0 aliphatic rings. The molecule has 0 radical (unpaired) electrons. The van der Waals surface area contributed by atoms with Gasteiger partial charge in [0.05, 0.1) is 10.6 Å². The normalized spacial score (nSPS) is 10.3. The highest BCUT2D eigenvalue weighted by atomic mass is 35.5. The van der Waals surface area contributed by atoms with Gasteiger partial charge in [-0.3, -0.25) is 4.79 Å². The number of nitrogen functional groups attached to an aromatic ring is 1. The van der Waals surface area contributed by atoms with Crippen molar-refractivity contribution in [1.82, 2.24) is 4.98 Å². The van der Waals surface area contributed by atoms with E-state index in [1.54, 1.807) is 25.1 Å². The van der Waals surface area contributed by atoms with Gasteiger partial charge in [0.15, 0.2) is 0 Å². The lowest BCUT2D eigenvalue weighted by Gasteiger charge is -2.09. The van der Waals surface area contributed by atoms with E-state index in [1.165, 1.54) is 12.3 Å². The molecule has 0 saturated carbocycles. The number of nitrogens with two attached hydrogens (primary N) is 1. The zero-order chi connectivity index (χ0) is 14.0. The molecule has 0 bridgehead atoms. The summed E-state index contributed by atoms with van der Waals surface area (Å²) in [5.41, 5.74) is 7.34. The van der Waals surface area contributed by atoms with Gasteiger partial charge in [0.1, 0.15) is 5.82 Å². The van der Waals surface area contributed by atoms with Crippen molar-refractivity contribution in [2.75, 3.05) is 11.1 Å². The number of amides is 1. The number of hydrogen-bond donors (Lipinski definition) is 2. The number of carbonyl (C=O) groups is 1. The summed E-state index contributed by atoms with van der Waals surface area (Å²) in [6.07, 6.45) is 1.45. The van der Waals surface area contributed by atoms with Crippen molar-refractivity contribution < 1.29 is 4.79 Å². The van der Waals surface area contributed by atoms with Crippen LogP contribution in [0, 0.1) is 6.92 Å². The topological polar surface area (TPSA) is 68.0 Å². The summed E-state index contributed by atoms with van der Waals surface area (Å²) in [6.45, 7) is 1.79. The van der Waals surface area contributed by atoms with Gasteiger partial charge in [-0.2, -0.15) is 0 Å². The van der Waals surface area contributed by atoms with Crippen LogP contribution in [0.2, 0.25) is 10.0 Å². The van der Waals surface area contributed by atoms with Gasteiger partial charge >= 0.3 is 0 Å². The standard InChI is InChI=1S/C13H11Cl2N3O/c1-7-4-9(15)5-10(12(7)16)13(19)18-11-3-2-8(14)6-17-11/h2-6H,16H2,1H3,(H,17,18,19). The second-order valence-corrected chi connectivity index (χ2v) is 4.87. The lowest BCUT2D eigenvalue weighted by Crippen LogP contribution is -2.15. The summed E-state index contributed by atoms with van der Waals surface area (Å²) in [6, 6.07) is 6.47. The molecule has 2 rings (SSSR count). The van der Waals surface area contributed by atoms with Gasteiger partial charge in [-0.1, -0.05) is 23.2 Å². The van der Waals surface area contributed by atoms with E-state index in [1.807, 2.05) is 0 Å².